The van der Waals surface area contributed by atoms with E-state index in [1.807, 2.05) is 0 Å². The second kappa shape index (κ2) is 3.66. The summed E-state index contributed by atoms with van der Waals surface area (Å²) in [6.07, 6.45) is 2.15. The van der Waals surface area contributed by atoms with Gasteiger partial charge in [0.05, 0.1) is 7.11 Å². The maximum Gasteiger partial charge on any atom is 0.337 e. The highest BCUT2D eigenvalue weighted by molar-refractivity contribution is 5.79. The van der Waals surface area contributed by atoms with Gasteiger partial charge in [0.15, 0.2) is 5.60 Å². The van der Waals surface area contributed by atoms with Crippen LogP contribution in [-0.4, -0.2) is 23.8 Å². The van der Waals surface area contributed by atoms with Crippen LogP contribution in [0.1, 0.15) is 33.1 Å². The Kier molecular flexibility index (Phi) is 2.96. The lowest BCUT2D eigenvalue weighted by Crippen LogP contribution is -2.45. The molecule has 3 heteroatoms. The molecule has 2 unspecified atom stereocenters. The number of rotatable bonds is 1. The number of hydrogen-bond acceptors (Lipinski definition) is 3. The Labute approximate surface area is 79.1 Å². The first-order valence-electron chi connectivity index (χ1n) is 4.78. The van der Waals surface area contributed by atoms with Crippen LogP contribution in [0.2, 0.25) is 0 Å². The minimum absolute atomic E-state index is 0.396. The first-order valence-corrected chi connectivity index (χ1v) is 4.78. The molecule has 3 nitrogen and oxygen atoms in total. The van der Waals surface area contributed by atoms with E-state index in [9.17, 15) is 9.90 Å². The Morgan fingerprint density at radius 1 is 1.38 bits per heavy atom. The minimum atomic E-state index is -1.23. The highest BCUT2D eigenvalue weighted by atomic mass is 16.5. The van der Waals surface area contributed by atoms with E-state index in [0.29, 0.717) is 24.7 Å². The molecule has 1 fully saturated rings. The largest absolute Gasteiger partial charge is 0.467 e. The van der Waals surface area contributed by atoms with E-state index >= 15 is 0 Å². The van der Waals surface area contributed by atoms with Gasteiger partial charge in [-0.25, -0.2) is 4.79 Å². The zero-order valence-corrected chi connectivity index (χ0v) is 8.54. The van der Waals surface area contributed by atoms with Crippen molar-refractivity contribution in [3.63, 3.8) is 0 Å². The SMILES string of the molecule is COC(=O)C1(O)CC(C)CC(C)C1. The molecule has 1 N–H and O–H groups in total. The molecule has 0 aromatic rings. The maximum absolute atomic E-state index is 11.3. The highest BCUT2D eigenvalue weighted by Crippen LogP contribution is 2.36. The summed E-state index contributed by atoms with van der Waals surface area (Å²) in [6, 6.07) is 0. The van der Waals surface area contributed by atoms with E-state index in [1.54, 1.807) is 0 Å². The van der Waals surface area contributed by atoms with E-state index in [1.165, 1.54) is 7.11 Å². The summed E-state index contributed by atoms with van der Waals surface area (Å²) in [6.45, 7) is 4.12. The van der Waals surface area contributed by atoms with Gasteiger partial charge in [-0.2, -0.15) is 0 Å². The smallest absolute Gasteiger partial charge is 0.337 e. The van der Waals surface area contributed by atoms with Gasteiger partial charge in [0.25, 0.3) is 0 Å². The lowest BCUT2D eigenvalue weighted by Gasteiger charge is -2.36. The summed E-state index contributed by atoms with van der Waals surface area (Å²) in [5.41, 5.74) is -1.23. The summed E-state index contributed by atoms with van der Waals surface area (Å²) < 4.78 is 4.60. The topological polar surface area (TPSA) is 46.5 Å². The molecule has 0 heterocycles. The number of ether oxygens (including phenoxy) is 1. The van der Waals surface area contributed by atoms with Gasteiger partial charge >= 0.3 is 5.97 Å². The van der Waals surface area contributed by atoms with Crippen LogP contribution in [0.5, 0.6) is 0 Å². The molecule has 0 spiro atoms. The number of esters is 1. The molecule has 1 aliphatic carbocycles. The van der Waals surface area contributed by atoms with Crippen LogP contribution in [0.25, 0.3) is 0 Å². The second-order valence-corrected chi connectivity index (χ2v) is 4.38. The molecule has 76 valence electrons. The first kappa shape index (κ1) is 10.5. The fourth-order valence-corrected chi connectivity index (χ4v) is 2.45. The third-order valence-electron chi connectivity index (χ3n) is 2.74. The lowest BCUT2D eigenvalue weighted by atomic mass is 9.74. The van der Waals surface area contributed by atoms with Gasteiger partial charge in [-0.15, -0.1) is 0 Å². The number of carbonyl (C=O) groups is 1. The molecule has 0 amide bonds. The van der Waals surface area contributed by atoms with Gasteiger partial charge in [-0.05, 0) is 31.1 Å². The molecule has 0 radical (unpaired) electrons. The van der Waals surface area contributed by atoms with Gasteiger partial charge in [-0.3, -0.25) is 0 Å². The Morgan fingerprint density at radius 2 is 1.85 bits per heavy atom. The molecule has 0 bridgehead atoms. The van der Waals surface area contributed by atoms with Crippen molar-refractivity contribution in [3.8, 4) is 0 Å². The molecule has 1 saturated carbocycles. The third kappa shape index (κ3) is 2.21. The van der Waals surface area contributed by atoms with Gasteiger partial charge in [0, 0.05) is 0 Å². The van der Waals surface area contributed by atoms with Crippen molar-refractivity contribution in [2.75, 3.05) is 7.11 Å². The van der Waals surface area contributed by atoms with Crippen molar-refractivity contribution in [3.05, 3.63) is 0 Å². The van der Waals surface area contributed by atoms with Crippen molar-refractivity contribution in [1.29, 1.82) is 0 Å². The molecule has 0 aromatic carbocycles. The highest BCUT2D eigenvalue weighted by Gasteiger charge is 2.43. The monoisotopic (exact) mass is 186 g/mol. The number of aliphatic hydroxyl groups is 1. The van der Waals surface area contributed by atoms with E-state index in [4.69, 9.17) is 0 Å². The zero-order chi connectivity index (χ0) is 10.1. The fraction of sp³-hybridized carbons (Fsp3) is 0.900. The maximum atomic E-state index is 11.3. The van der Waals surface area contributed by atoms with Gasteiger partial charge in [0.1, 0.15) is 0 Å². The average molecular weight is 186 g/mol. The molecule has 1 aliphatic rings. The van der Waals surface area contributed by atoms with E-state index < -0.39 is 11.6 Å². The van der Waals surface area contributed by atoms with E-state index in [0.717, 1.165) is 6.42 Å². The van der Waals surface area contributed by atoms with Crippen LogP contribution in [0, 0.1) is 11.8 Å². The number of hydrogen-bond donors (Lipinski definition) is 1. The molecule has 2 atom stereocenters. The Morgan fingerprint density at radius 3 is 2.23 bits per heavy atom. The van der Waals surface area contributed by atoms with E-state index in [2.05, 4.69) is 18.6 Å². The van der Waals surface area contributed by atoms with Crippen LogP contribution in [-0.2, 0) is 9.53 Å². The van der Waals surface area contributed by atoms with Crippen LogP contribution >= 0.6 is 0 Å². The number of carbonyl (C=O) groups excluding carboxylic acids is 1. The standard InChI is InChI=1S/C10H18O3/c1-7-4-8(2)6-10(12,5-7)9(11)13-3/h7-8,12H,4-6H2,1-3H3. The first-order chi connectivity index (χ1) is 5.98. The van der Waals surface area contributed by atoms with Crippen molar-refractivity contribution in [1.82, 2.24) is 0 Å². The van der Waals surface area contributed by atoms with Crippen molar-refractivity contribution < 1.29 is 14.6 Å². The summed E-state index contributed by atoms with van der Waals surface area (Å²) in [5, 5.41) is 10.0. The van der Waals surface area contributed by atoms with Crippen molar-refractivity contribution in [2.24, 2.45) is 11.8 Å². The fourth-order valence-electron chi connectivity index (χ4n) is 2.45. The predicted octanol–water partition coefficient (Wildman–Crippen LogP) is 1.35. The van der Waals surface area contributed by atoms with Crippen molar-refractivity contribution >= 4 is 5.97 Å². The Bertz CT molecular complexity index is 190. The second-order valence-electron chi connectivity index (χ2n) is 4.38. The Balaban J connectivity index is 2.71. The van der Waals surface area contributed by atoms with Crippen LogP contribution in [0.15, 0.2) is 0 Å². The molecular formula is C10H18O3. The average Bonchev–Trinajstić information content (AvgIpc) is 2.00. The van der Waals surface area contributed by atoms with Crippen LogP contribution < -0.4 is 0 Å². The molecule has 0 aromatic heterocycles. The molecule has 0 aliphatic heterocycles. The number of methoxy groups -OCH3 is 1. The zero-order valence-electron chi connectivity index (χ0n) is 8.54. The summed E-state index contributed by atoms with van der Waals surface area (Å²) in [4.78, 5) is 11.3. The predicted molar refractivity (Wildman–Crippen MR) is 49.1 cm³/mol. The summed E-state index contributed by atoms with van der Waals surface area (Å²) >= 11 is 0. The minimum Gasteiger partial charge on any atom is -0.467 e. The third-order valence-corrected chi connectivity index (χ3v) is 2.74. The Hall–Kier alpha value is -0.570. The molecule has 0 saturated heterocycles. The van der Waals surface area contributed by atoms with Gasteiger partial charge < -0.3 is 9.84 Å². The lowest BCUT2D eigenvalue weighted by molar-refractivity contribution is -0.169. The van der Waals surface area contributed by atoms with E-state index in [-0.39, 0.29) is 0 Å². The van der Waals surface area contributed by atoms with Gasteiger partial charge in [-0.1, -0.05) is 13.8 Å². The van der Waals surface area contributed by atoms with Crippen LogP contribution in [0.4, 0.5) is 0 Å². The normalized spacial score (nSPS) is 40.0. The van der Waals surface area contributed by atoms with Crippen molar-refractivity contribution in [2.45, 2.75) is 38.7 Å². The molecule has 13 heavy (non-hydrogen) atoms. The van der Waals surface area contributed by atoms with Crippen LogP contribution in [0.3, 0.4) is 0 Å². The summed E-state index contributed by atoms with van der Waals surface area (Å²) in [7, 11) is 1.32. The summed E-state index contributed by atoms with van der Waals surface area (Å²) in [5.74, 6) is 0.312. The molecule has 1 rings (SSSR count). The molecular weight excluding hydrogens is 168 g/mol. The quantitative estimate of drug-likeness (QED) is 0.629. The van der Waals surface area contributed by atoms with Gasteiger partial charge in [0.2, 0.25) is 0 Å².